The van der Waals surface area contributed by atoms with Crippen molar-refractivity contribution in [2.45, 2.75) is 30.8 Å². The first-order chi connectivity index (χ1) is 11.6. The van der Waals surface area contributed by atoms with Crippen molar-refractivity contribution in [3.05, 3.63) is 0 Å². The minimum atomic E-state index is -6.60. The van der Waals surface area contributed by atoms with E-state index < -0.39 is 35.2 Å². The third-order valence-corrected chi connectivity index (χ3v) is 5.46. The van der Waals surface area contributed by atoms with Crippen molar-refractivity contribution < 1.29 is 53.4 Å². The van der Waals surface area contributed by atoms with Gasteiger partial charge in [0.1, 0.15) is 0 Å². The fourth-order valence-electron chi connectivity index (χ4n) is 1.24. The van der Waals surface area contributed by atoms with Crippen LogP contribution in [0.2, 0.25) is 0 Å². The Hall–Kier alpha value is -0.680. The van der Waals surface area contributed by atoms with Gasteiger partial charge in [0.15, 0.2) is 0 Å². The maximum Gasteiger partial charge on any atom is 0.512 e. The number of nitrogens with one attached hydrogen (secondary N) is 1. The minimum Gasteiger partial charge on any atom is -0.395 e. The van der Waals surface area contributed by atoms with E-state index in [0.717, 1.165) is 19.4 Å². The molecule has 0 radical (unpaired) electrons. The van der Waals surface area contributed by atoms with Crippen LogP contribution in [-0.2, 0) is 20.0 Å². The second kappa shape index (κ2) is 11.2. The number of halogens is 6. The zero-order valence-electron chi connectivity index (χ0n) is 13.5. The largest absolute Gasteiger partial charge is 0.512 e. The van der Waals surface area contributed by atoms with Gasteiger partial charge in [0.2, 0.25) is 0 Å². The molecule has 0 aromatic rings. The number of aliphatic hydroxyl groups is 2. The fraction of sp³-hybridized carbons (Fsp3) is 1.00. The number of nitrogens with zero attached hydrogens (tertiary/aromatic N) is 1. The predicted molar refractivity (Wildman–Crippen MR) is 78.6 cm³/mol. The number of sulfonamides is 2. The van der Waals surface area contributed by atoms with Crippen LogP contribution < -0.4 is 4.13 Å². The second-order valence-corrected chi connectivity index (χ2v) is 8.23. The Labute approximate surface area is 146 Å². The molecule has 0 aromatic carbocycles. The van der Waals surface area contributed by atoms with Gasteiger partial charge in [-0.15, -0.1) is 0 Å². The van der Waals surface area contributed by atoms with Crippen LogP contribution in [0.15, 0.2) is 0 Å². The summed E-state index contributed by atoms with van der Waals surface area (Å²) in [7, 11) is -13.2. The molecule has 0 heterocycles. The van der Waals surface area contributed by atoms with E-state index in [2.05, 4.69) is 11.8 Å². The molecular formula is C10H20F6N2O6S2. The lowest BCUT2D eigenvalue weighted by atomic mass is 10.3. The molecular weight excluding hydrogens is 422 g/mol. The van der Waals surface area contributed by atoms with E-state index in [-0.39, 0.29) is 13.2 Å². The first kappa shape index (κ1) is 27.5. The van der Waals surface area contributed by atoms with Crippen LogP contribution in [0.1, 0.15) is 19.8 Å². The lowest BCUT2D eigenvalue weighted by Crippen LogP contribution is -2.45. The topological polar surface area (TPSA) is 124 Å². The van der Waals surface area contributed by atoms with Gasteiger partial charge < -0.3 is 10.2 Å². The smallest absolute Gasteiger partial charge is 0.395 e. The van der Waals surface area contributed by atoms with Gasteiger partial charge in [-0.2, -0.15) is 26.3 Å². The summed E-state index contributed by atoms with van der Waals surface area (Å²) < 4.78 is 108. The molecule has 0 saturated carbocycles. The van der Waals surface area contributed by atoms with Crippen LogP contribution in [0.4, 0.5) is 26.3 Å². The summed E-state index contributed by atoms with van der Waals surface area (Å²) in [5, 5.41) is 17.3. The van der Waals surface area contributed by atoms with Crippen molar-refractivity contribution in [3.63, 3.8) is 0 Å². The highest BCUT2D eigenvalue weighted by Crippen LogP contribution is 2.27. The molecule has 8 nitrogen and oxygen atoms in total. The van der Waals surface area contributed by atoms with E-state index in [0.29, 0.717) is 13.1 Å². The molecule has 3 N–H and O–H groups in total. The van der Waals surface area contributed by atoms with E-state index in [1.165, 1.54) is 0 Å². The molecule has 0 aliphatic rings. The number of unbranched alkanes of at least 4 members (excludes halogenated alkanes) is 1. The van der Waals surface area contributed by atoms with Crippen LogP contribution in [0.25, 0.3) is 0 Å². The monoisotopic (exact) mass is 442 g/mol. The van der Waals surface area contributed by atoms with E-state index in [4.69, 9.17) is 10.2 Å². The van der Waals surface area contributed by atoms with E-state index in [9.17, 15) is 43.2 Å². The molecule has 26 heavy (non-hydrogen) atoms. The van der Waals surface area contributed by atoms with Crippen LogP contribution in [-0.4, -0.2) is 75.8 Å². The summed E-state index contributed by atoms with van der Waals surface area (Å²) in [5.74, 6) is 0. The maximum atomic E-state index is 11.5. The average Bonchev–Trinajstić information content (AvgIpc) is 2.42. The molecule has 16 heteroatoms. The Balaban J connectivity index is 0. The highest BCUT2D eigenvalue weighted by atomic mass is 32.3. The zero-order chi connectivity index (χ0) is 21.2. The second-order valence-electron chi connectivity index (χ2n) is 4.62. The number of hydrogen-bond donors (Lipinski definition) is 3. The summed E-state index contributed by atoms with van der Waals surface area (Å²) >= 11 is 0. The zero-order valence-corrected chi connectivity index (χ0v) is 15.1. The van der Waals surface area contributed by atoms with Gasteiger partial charge in [-0.3, -0.25) is 4.90 Å². The van der Waals surface area contributed by atoms with E-state index in [1.807, 2.05) is 0 Å². The van der Waals surface area contributed by atoms with Crippen molar-refractivity contribution in [3.8, 4) is 0 Å². The Bertz CT molecular complexity index is 542. The lowest BCUT2D eigenvalue weighted by Gasteiger charge is -2.19. The summed E-state index contributed by atoms with van der Waals surface area (Å²) in [6.07, 6.45) is 2.30. The highest BCUT2D eigenvalue weighted by molar-refractivity contribution is 8.05. The molecule has 0 aliphatic carbocycles. The van der Waals surface area contributed by atoms with Crippen LogP contribution in [0, 0.1) is 0 Å². The van der Waals surface area contributed by atoms with Gasteiger partial charge >= 0.3 is 31.1 Å². The van der Waals surface area contributed by atoms with Gasteiger partial charge in [0, 0.05) is 13.1 Å². The Morgan fingerprint density at radius 3 is 1.38 bits per heavy atom. The Kier molecular flexibility index (Phi) is 11.9. The Morgan fingerprint density at radius 2 is 1.15 bits per heavy atom. The van der Waals surface area contributed by atoms with Crippen molar-refractivity contribution in [2.75, 3.05) is 32.8 Å². The van der Waals surface area contributed by atoms with Gasteiger partial charge in [0.05, 0.1) is 13.2 Å². The SMILES string of the molecule is CCCCN(CCO)CCO.O=S(=O)(NS(=O)(=O)C(F)(F)F)C(F)(F)F. The molecule has 0 unspecified atom stereocenters. The average molecular weight is 442 g/mol. The fourth-order valence-corrected chi connectivity index (χ4v) is 3.15. The summed E-state index contributed by atoms with van der Waals surface area (Å²) in [6, 6.07) is 0. The van der Waals surface area contributed by atoms with Crippen molar-refractivity contribution in [1.29, 1.82) is 0 Å². The molecule has 0 aromatic heterocycles. The lowest BCUT2D eigenvalue weighted by molar-refractivity contribution is -0.0476. The third-order valence-electron chi connectivity index (χ3n) is 2.49. The minimum absolute atomic E-state index is 0.184. The predicted octanol–water partition coefficient (Wildman–Crippen LogP) is 0.348. The number of rotatable bonds is 9. The molecule has 0 aliphatic heterocycles. The molecule has 160 valence electrons. The number of hydrogen-bond acceptors (Lipinski definition) is 7. The van der Waals surface area contributed by atoms with Crippen LogP contribution >= 0.6 is 0 Å². The molecule has 0 amide bonds. The number of aliphatic hydroxyl groups excluding tert-OH is 2. The standard InChI is InChI=1S/C8H19NO2.C2HF6NO4S2/c1-2-3-4-9(5-7-10)6-8-11;3-1(4,5)14(10,11)9-15(12,13)2(6,7)8/h10-11H,2-8H2,1H3;9H. The van der Waals surface area contributed by atoms with Gasteiger partial charge in [-0.25, -0.2) is 16.8 Å². The quantitative estimate of drug-likeness (QED) is 0.440. The molecule has 0 rings (SSSR count). The van der Waals surface area contributed by atoms with Gasteiger partial charge in [-0.05, 0) is 13.0 Å². The maximum absolute atomic E-state index is 11.5. The van der Waals surface area contributed by atoms with Crippen molar-refractivity contribution in [1.82, 2.24) is 9.03 Å². The summed E-state index contributed by atoms with van der Waals surface area (Å²) in [6.45, 7) is 4.85. The first-order valence-electron chi connectivity index (χ1n) is 6.91. The van der Waals surface area contributed by atoms with Crippen molar-refractivity contribution in [2.24, 2.45) is 0 Å². The third kappa shape index (κ3) is 10.5. The van der Waals surface area contributed by atoms with E-state index in [1.54, 1.807) is 0 Å². The van der Waals surface area contributed by atoms with Crippen LogP contribution in [0.5, 0.6) is 0 Å². The Morgan fingerprint density at radius 1 is 0.808 bits per heavy atom. The number of alkyl halides is 6. The molecule has 0 bridgehead atoms. The highest BCUT2D eigenvalue weighted by Gasteiger charge is 2.55. The molecule has 0 spiro atoms. The summed E-state index contributed by atoms with van der Waals surface area (Å²) in [4.78, 5) is 2.07. The summed E-state index contributed by atoms with van der Waals surface area (Å²) in [5.41, 5.74) is -12.3. The van der Waals surface area contributed by atoms with Gasteiger partial charge in [-0.1, -0.05) is 17.5 Å². The molecule has 0 fully saturated rings. The first-order valence-corrected chi connectivity index (χ1v) is 9.87. The molecule has 0 atom stereocenters. The van der Waals surface area contributed by atoms with Gasteiger partial charge in [0.25, 0.3) is 0 Å². The van der Waals surface area contributed by atoms with Crippen molar-refractivity contribution >= 4 is 20.0 Å². The van der Waals surface area contributed by atoms with Crippen LogP contribution in [0.3, 0.4) is 0 Å². The van der Waals surface area contributed by atoms with E-state index >= 15 is 0 Å². The normalized spacial score (nSPS) is 13.5. The molecule has 0 saturated heterocycles.